The fraction of sp³-hybridized carbons (Fsp3) is 0.722. The molecule has 6 nitrogen and oxygen atoms in total. The number of likely N-dealkylation sites (tertiary alicyclic amines) is 1. The molecule has 4 rings (SSSR count). The van der Waals surface area contributed by atoms with E-state index in [1.54, 1.807) is 12.7 Å². The molecule has 0 spiro atoms. The number of carbonyl (C=O) groups excluding carboxylic acids is 1. The number of amides is 1. The minimum atomic E-state index is 0.302. The number of carbonyl (C=O) groups is 1. The van der Waals surface area contributed by atoms with Crippen LogP contribution in [0.1, 0.15) is 51.4 Å². The second-order valence-corrected chi connectivity index (χ2v) is 7.32. The molecule has 2 aliphatic carbocycles. The predicted octanol–water partition coefficient (Wildman–Crippen LogP) is 2.19. The summed E-state index contributed by atoms with van der Waals surface area (Å²) in [4.78, 5) is 21.6. The average molecular weight is 329 g/mol. The molecule has 1 aliphatic heterocycles. The molecule has 0 bridgehead atoms. The monoisotopic (exact) mass is 329 g/mol. The molecule has 1 atom stereocenters. The van der Waals surface area contributed by atoms with Gasteiger partial charge in [0.2, 0.25) is 5.91 Å². The molecule has 2 heterocycles. The van der Waals surface area contributed by atoms with Crippen LogP contribution in [0.25, 0.3) is 0 Å². The molecule has 24 heavy (non-hydrogen) atoms. The first kappa shape index (κ1) is 15.8. The van der Waals surface area contributed by atoms with Gasteiger partial charge in [0.15, 0.2) is 0 Å². The van der Waals surface area contributed by atoms with Crippen LogP contribution in [0.15, 0.2) is 24.4 Å². The largest absolute Gasteiger partial charge is 0.312 e. The predicted molar refractivity (Wildman–Crippen MR) is 91.0 cm³/mol. The van der Waals surface area contributed by atoms with Gasteiger partial charge >= 0.3 is 0 Å². The second kappa shape index (κ2) is 7.05. The third kappa shape index (κ3) is 3.53. The highest BCUT2D eigenvalue weighted by molar-refractivity contribution is 5.81. The summed E-state index contributed by atoms with van der Waals surface area (Å²) >= 11 is 0. The van der Waals surface area contributed by atoms with Gasteiger partial charge in [0.1, 0.15) is 12.7 Å². The van der Waals surface area contributed by atoms with Crippen molar-refractivity contribution in [2.45, 2.75) is 70.0 Å². The van der Waals surface area contributed by atoms with Crippen molar-refractivity contribution in [3.8, 4) is 0 Å². The van der Waals surface area contributed by atoms with Gasteiger partial charge in [-0.15, -0.1) is 0 Å². The van der Waals surface area contributed by atoms with Crippen molar-refractivity contribution in [1.82, 2.24) is 24.6 Å². The lowest BCUT2D eigenvalue weighted by molar-refractivity contribution is -0.131. The Morgan fingerprint density at radius 1 is 1.25 bits per heavy atom. The van der Waals surface area contributed by atoms with Gasteiger partial charge in [0.05, 0.1) is 13.1 Å². The normalized spacial score (nSPS) is 24.8. The summed E-state index contributed by atoms with van der Waals surface area (Å²) in [6.07, 6.45) is 15.0. The number of allylic oxidation sites excluding steroid dienone is 2. The van der Waals surface area contributed by atoms with Crippen LogP contribution in [0.4, 0.5) is 0 Å². The number of hydrogen-bond donors (Lipinski definition) is 0. The van der Waals surface area contributed by atoms with Crippen LogP contribution in [-0.4, -0.2) is 55.6 Å². The standard InChI is InChI=1S/C18H27N5O/c24-18(23(16-8-9-16)15-5-2-1-3-6-15)12-21-10-4-7-17(21)11-22-14-19-13-20-22/h5,13-14,16-17H,1-4,6-12H2. The first-order valence-corrected chi connectivity index (χ1v) is 9.39. The topological polar surface area (TPSA) is 54.3 Å². The maximum Gasteiger partial charge on any atom is 0.241 e. The maximum absolute atomic E-state index is 13.0. The summed E-state index contributed by atoms with van der Waals surface area (Å²) in [5, 5.41) is 4.21. The Balaban J connectivity index is 1.40. The summed E-state index contributed by atoms with van der Waals surface area (Å²) in [7, 11) is 0. The van der Waals surface area contributed by atoms with Gasteiger partial charge < -0.3 is 4.90 Å². The number of rotatable bonds is 6. The van der Waals surface area contributed by atoms with Crippen molar-refractivity contribution in [2.24, 2.45) is 0 Å². The van der Waals surface area contributed by atoms with Gasteiger partial charge in [-0.2, -0.15) is 5.10 Å². The van der Waals surface area contributed by atoms with E-state index in [1.165, 1.54) is 37.8 Å². The van der Waals surface area contributed by atoms with Crippen molar-refractivity contribution >= 4 is 5.91 Å². The average Bonchev–Trinajstić information content (AvgIpc) is 3.11. The highest BCUT2D eigenvalue weighted by atomic mass is 16.2. The van der Waals surface area contributed by atoms with Crippen LogP contribution in [0.2, 0.25) is 0 Å². The second-order valence-electron chi connectivity index (χ2n) is 7.32. The Kier molecular flexibility index (Phi) is 4.65. The lowest BCUT2D eigenvalue weighted by Crippen LogP contribution is -2.44. The highest BCUT2D eigenvalue weighted by Gasteiger charge is 2.37. The molecule has 1 aromatic heterocycles. The SMILES string of the molecule is O=C(CN1CCCC1Cn1cncn1)N(C1=CCCCC1)C1CC1. The third-order valence-corrected chi connectivity index (χ3v) is 5.46. The van der Waals surface area contributed by atoms with Gasteiger partial charge in [-0.05, 0) is 57.9 Å². The van der Waals surface area contributed by atoms with Crippen LogP contribution >= 0.6 is 0 Å². The zero-order valence-corrected chi connectivity index (χ0v) is 14.3. The smallest absolute Gasteiger partial charge is 0.241 e. The van der Waals surface area contributed by atoms with Gasteiger partial charge in [-0.25, -0.2) is 4.98 Å². The Morgan fingerprint density at radius 2 is 2.17 bits per heavy atom. The van der Waals surface area contributed by atoms with Crippen LogP contribution in [0, 0.1) is 0 Å². The summed E-state index contributed by atoms with van der Waals surface area (Å²) in [5.74, 6) is 0.302. The Labute approximate surface area is 143 Å². The minimum absolute atomic E-state index is 0.302. The lowest BCUT2D eigenvalue weighted by atomic mass is 10.0. The van der Waals surface area contributed by atoms with E-state index >= 15 is 0 Å². The van der Waals surface area contributed by atoms with Crippen molar-refractivity contribution in [2.75, 3.05) is 13.1 Å². The molecule has 1 unspecified atom stereocenters. The minimum Gasteiger partial charge on any atom is -0.312 e. The van der Waals surface area contributed by atoms with Crippen molar-refractivity contribution in [3.05, 3.63) is 24.4 Å². The highest BCUT2D eigenvalue weighted by Crippen LogP contribution is 2.34. The van der Waals surface area contributed by atoms with Crippen LogP contribution in [-0.2, 0) is 11.3 Å². The third-order valence-electron chi connectivity index (χ3n) is 5.46. The number of nitrogens with zero attached hydrogens (tertiary/aromatic N) is 5. The number of hydrogen-bond acceptors (Lipinski definition) is 4. The first-order valence-electron chi connectivity index (χ1n) is 9.39. The molecule has 1 aromatic rings. The molecule has 2 fully saturated rings. The lowest BCUT2D eigenvalue weighted by Gasteiger charge is -2.31. The van der Waals surface area contributed by atoms with Crippen LogP contribution < -0.4 is 0 Å². The van der Waals surface area contributed by atoms with E-state index in [-0.39, 0.29) is 0 Å². The molecule has 1 saturated heterocycles. The quantitative estimate of drug-likeness (QED) is 0.803. The Morgan fingerprint density at radius 3 is 2.88 bits per heavy atom. The van der Waals surface area contributed by atoms with Gasteiger partial charge in [-0.3, -0.25) is 14.4 Å². The molecule has 3 aliphatic rings. The van der Waals surface area contributed by atoms with Crippen LogP contribution in [0.5, 0.6) is 0 Å². The molecule has 0 N–H and O–H groups in total. The molecule has 130 valence electrons. The van der Waals surface area contributed by atoms with Gasteiger partial charge in [0.25, 0.3) is 0 Å². The summed E-state index contributed by atoms with van der Waals surface area (Å²) in [6.45, 7) is 2.40. The van der Waals surface area contributed by atoms with E-state index in [9.17, 15) is 4.79 Å². The zero-order chi connectivity index (χ0) is 16.4. The zero-order valence-electron chi connectivity index (χ0n) is 14.3. The molecular formula is C18H27N5O. The van der Waals surface area contributed by atoms with E-state index in [2.05, 4.69) is 26.0 Å². The van der Waals surface area contributed by atoms with Crippen molar-refractivity contribution < 1.29 is 4.79 Å². The molecule has 0 radical (unpaired) electrons. The first-order chi connectivity index (χ1) is 11.8. The van der Waals surface area contributed by atoms with Gasteiger partial charge in [-0.1, -0.05) is 6.08 Å². The molecular weight excluding hydrogens is 302 g/mol. The Bertz CT molecular complexity index is 593. The van der Waals surface area contributed by atoms with E-state index < -0.39 is 0 Å². The molecule has 1 amide bonds. The van der Waals surface area contributed by atoms with Gasteiger partial charge in [0, 0.05) is 17.8 Å². The molecule has 1 saturated carbocycles. The molecule has 0 aromatic carbocycles. The van der Waals surface area contributed by atoms with Crippen molar-refractivity contribution in [3.63, 3.8) is 0 Å². The molecule has 6 heteroatoms. The van der Waals surface area contributed by atoms with Crippen molar-refractivity contribution in [1.29, 1.82) is 0 Å². The summed E-state index contributed by atoms with van der Waals surface area (Å²) < 4.78 is 1.88. The summed E-state index contributed by atoms with van der Waals surface area (Å²) in [5.41, 5.74) is 1.29. The summed E-state index contributed by atoms with van der Waals surface area (Å²) in [6, 6.07) is 0.871. The fourth-order valence-corrected chi connectivity index (χ4v) is 4.07. The van der Waals surface area contributed by atoms with E-state index in [0.717, 1.165) is 32.4 Å². The van der Waals surface area contributed by atoms with E-state index in [4.69, 9.17) is 0 Å². The Hall–Kier alpha value is -1.69. The maximum atomic E-state index is 13.0. The fourth-order valence-electron chi connectivity index (χ4n) is 4.07. The number of aromatic nitrogens is 3. The van der Waals surface area contributed by atoms with E-state index in [1.807, 2.05) is 4.68 Å². The van der Waals surface area contributed by atoms with E-state index in [0.29, 0.717) is 24.5 Å². The van der Waals surface area contributed by atoms with Crippen LogP contribution in [0.3, 0.4) is 0 Å².